The first-order valence-electron chi connectivity index (χ1n) is 9.16. The molecule has 1 heterocycles. The van der Waals surface area contributed by atoms with Crippen LogP contribution < -0.4 is 14.8 Å². The van der Waals surface area contributed by atoms with E-state index in [0.717, 1.165) is 22.4 Å². The van der Waals surface area contributed by atoms with Crippen molar-refractivity contribution in [3.8, 4) is 22.8 Å². The minimum absolute atomic E-state index is 0.0572. The maximum absolute atomic E-state index is 12.9. The minimum atomic E-state index is -0.311. The van der Waals surface area contributed by atoms with E-state index < -0.39 is 0 Å². The summed E-state index contributed by atoms with van der Waals surface area (Å²) in [5, 5.41) is 7.30. The zero-order chi connectivity index (χ0) is 20.7. The lowest BCUT2D eigenvalue weighted by Gasteiger charge is -2.11. The molecule has 0 saturated heterocycles. The smallest absolute Gasteiger partial charge is 0.276 e. The number of nitrogens with zero attached hydrogens (tertiary/aromatic N) is 2. The van der Waals surface area contributed by atoms with Crippen molar-refractivity contribution < 1.29 is 19.1 Å². The third-order valence-corrected chi connectivity index (χ3v) is 5.12. The fraction of sp³-hybridized carbons (Fsp3) is 0.227. The Balaban J connectivity index is 1.69. The molecule has 0 radical (unpaired) electrons. The molecule has 29 heavy (non-hydrogen) atoms. The Morgan fingerprint density at radius 1 is 1.10 bits per heavy atom. The normalized spacial score (nSPS) is 11.6. The summed E-state index contributed by atoms with van der Waals surface area (Å²) in [5.74, 6) is 0.916. The Labute approximate surface area is 168 Å². The van der Waals surface area contributed by atoms with Crippen molar-refractivity contribution in [3.63, 3.8) is 0 Å². The van der Waals surface area contributed by atoms with Crippen LogP contribution in [0.3, 0.4) is 0 Å². The number of amides is 1. The number of hydrogen-bond donors (Lipinski definition) is 1. The SMILES string of the molecule is COc1cc2c(cc1OC)-c1c(c(C(=O)Nc3cccc(C(C)=O)c3)nn1C)C2. The number of nitrogens with one attached hydrogen (secondary N) is 1. The Bertz CT molecular complexity index is 1150. The lowest BCUT2D eigenvalue weighted by Crippen LogP contribution is -2.15. The van der Waals surface area contributed by atoms with E-state index in [1.54, 1.807) is 43.2 Å². The maximum atomic E-state index is 12.9. The molecule has 0 atom stereocenters. The molecule has 0 spiro atoms. The Hall–Kier alpha value is -3.61. The summed E-state index contributed by atoms with van der Waals surface area (Å²) in [6.45, 7) is 1.49. The van der Waals surface area contributed by atoms with Crippen molar-refractivity contribution >= 4 is 17.4 Å². The molecular weight excluding hydrogens is 370 g/mol. The molecule has 1 N–H and O–H groups in total. The van der Waals surface area contributed by atoms with Gasteiger partial charge in [0, 0.05) is 35.8 Å². The first-order chi connectivity index (χ1) is 13.9. The lowest BCUT2D eigenvalue weighted by molar-refractivity contribution is 0.100. The van der Waals surface area contributed by atoms with Gasteiger partial charge in [-0.25, -0.2) is 0 Å². The first-order valence-corrected chi connectivity index (χ1v) is 9.16. The van der Waals surface area contributed by atoms with Crippen LogP contribution in [0.15, 0.2) is 36.4 Å². The highest BCUT2D eigenvalue weighted by Gasteiger charge is 2.31. The highest BCUT2D eigenvalue weighted by Crippen LogP contribution is 2.43. The van der Waals surface area contributed by atoms with Crippen LogP contribution in [0.25, 0.3) is 11.3 Å². The molecule has 0 bridgehead atoms. The van der Waals surface area contributed by atoms with Gasteiger partial charge in [0.25, 0.3) is 5.91 Å². The second kappa shape index (κ2) is 7.09. The van der Waals surface area contributed by atoms with Gasteiger partial charge in [-0.2, -0.15) is 5.10 Å². The van der Waals surface area contributed by atoms with Crippen LogP contribution in [0.5, 0.6) is 11.5 Å². The molecule has 4 rings (SSSR count). The molecule has 2 aromatic carbocycles. The Morgan fingerprint density at radius 3 is 2.52 bits per heavy atom. The Kier molecular flexibility index (Phi) is 4.58. The van der Waals surface area contributed by atoms with Gasteiger partial charge in [-0.15, -0.1) is 0 Å². The van der Waals surface area contributed by atoms with Gasteiger partial charge in [0.05, 0.1) is 19.9 Å². The molecule has 1 amide bonds. The monoisotopic (exact) mass is 391 g/mol. The van der Waals surface area contributed by atoms with Crippen LogP contribution in [0.2, 0.25) is 0 Å². The van der Waals surface area contributed by atoms with Crippen molar-refractivity contribution in [1.29, 1.82) is 0 Å². The van der Waals surface area contributed by atoms with E-state index in [-0.39, 0.29) is 11.7 Å². The molecule has 1 aliphatic rings. The van der Waals surface area contributed by atoms with Crippen molar-refractivity contribution in [2.45, 2.75) is 13.3 Å². The zero-order valence-electron chi connectivity index (χ0n) is 16.7. The average molecular weight is 391 g/mol. The van der Waals surface area contributed by atoms with Gasteiger partial charge in [-0.05, 0) is 36.8 Å². The van der Waals surface area contributed by atoms with Crippen molar-refractivity contribution in [2.75, 3.05) is 19.5 Å². The molecule has 0 unspecified atom stereocenters. The van der Waals surface area contributed by atoms with E-state index in [4.69, 9.17) is 9.47 Å². The molecule has 3 aromatic rings. The lowest BCUT2D eigenvalue weighted by atomic mass is 10.1. The number of aryl methyl sites for hydroxylation is 1. The third-order valence-electron chi connectivity index (χ3n) is 5.12. The van der Waals surface area contributed by atoms with Gasteiger partial charge in [-0.3, -0.25) is 14.3 Å². The quantitative estimate of drug-likeness (QED) is 0.527. The summed E-state index contributed by atoms with van der Waals surface area (Å²) >= 11 is 0. The summed E-state index contributed by atoms with van der Waals surface area (Å²) in [7, 11) is 5.01. The number of fused-ring (bicyclic) bond motifs is 3. The fourth-order valence-corrected chi connectivity index (χ4v) is 3.74. The van der Waals surface area contributed by atoms with Gasteiger partial charge in [-0.1, -0.05) is 12.1 Å². The van der Waals surface area contributed by atoms with Crippen LogP contribution in [-0.2, 0) is 13.5 Å². The molecule has 0 saturated carbocycles. The third kappa shape index (κ3) is 3.14. The molecule has 1 aliphatic carbocycles. The summed E-state index contributed by atoms with van der Waals surface area (Å²) in [4.78, 5) is 24.5. The summed E-state index contributed by atoms with van der Waals surface area (Å²) in [5.41, 5.74) is 5.25. The Morgan fingerprint density at radius 2 is 1.83 bits per heavy atom. The molecule has 148 valence electrons. The average Bonchev–Trinajstić information content (AvgIpc) is 3.23. The van der Waals surface area contributed by atoms with Crippen molar-refractivity contribution in [3.05, 3.63) is 58.8 Å². The summed E-state index contributed by atoms with van der Waals surface area (Å²) in [6, 6.07) is 10.7. The van der Waals surface area contributed by atoms with E-state index >= 15 is 0 Å². The number of aromatic nitrogens is 2. The number of ketones is 1. The predicted molar refractivity (Wildman–Crippen MR) is 109 cm³/mol. The van der Waals surface area contributed by atoms with E-state index in [9.17, 15) is 9.59 Å². The van der Waals surface area contributed by atoms with Gasteiger partial charge in [0.15, 0.2) is 23.0 Å². The molecule has 0 fully saturated rings. The first kappa shape index (κ1) is 18.7. The van der Waals surface area contributed by atoms with Gasteiger partial charge < -0.3 is 14.8 Å². The number of carbonyl (C=O) groups is 2. The van der Waals surface area contributed by atoms with Crippen LogP contribution >= 0.6 is 0 Å². The summed E-state index contributed by atoms with van der Waals surface area (Å²) < 4.78 is 12.5. The second-order valence-electron chi connectivity index (χ2n) is 6.93. The number of rotatable bonds is 5. The van der Waals surface area contributed by atoms with Crippen LogP contribution in [-0.4, -0.2) is 35.7 Å². The van der Waals surface area contributed by atoms with Crippen molar-refractivity contribution in [2.24, 2.45) is 7.05 Å². The standard InChI is InChI=1S/C22H21N3O4/c1-12(26)13-6-5-7-15(8-13)23-22(27)20-17-9-14-10-18(28-3)19(29-4)11-16(14)21(17)25(2)24-20/h5-8,10-11H,9H2,1-4H3,(H,23,27). The number of benzene rings is 2. The van der Waals surface area contributed by atoms with E-state index in [1.807, 2.05) is 19.2 Å². The highest BCUT2D eigenvalue weighted by molar-refractivity contribution is 6.06. The number of anilines is 1. The number of methoxy groups -OCH3 is 2. The largest absolute Gasteiger partial charge is 0.493 e. The number of hydrogen-bond acceptors (Lipinski definition) is 5. The fourth-order valence-electron chi connectivity index (χ4n) is 3.74. The predicted octanol–water partition coefficient (Wildman–Crippen LogP) is 3.46. The van der Waals surface area contributed by atoms with E-state index in [1.165, 1.54) is 6.92 Å². The second-order valence-corrected chi connectivity index (χ2v) is 6.93. The van der Waals surface area contributed by atoms with E-state index in [2.05, 4.69) is 10.4 Å². The topological polar surface area (TPSA) is 82.4 Å². The molecule has 7 heteroatoms. The van der Waals surface area contributed by atoms with Gasteiger partial charge >= 0.3 is 0 Å². The molecule has 0 aliphatic heterocycles. The molecule has 7 nitrogen and oxygen atoms in total. The van der Waals surface area contributed by atoms with E-state index in [0.29, 0.717) is 34.9 Å². The van der Waals surface area contributed by atoms with Crippen LogP contribution in [0.4, 0.5) is 5.69 Å². The number of Topliss-reactive ketones (excluding diaryl/α,β-unsaturated/α-hetero) is 1. The summed E-state index contributed by atoms with van der Waals surface area (Å²) in [6.07, 6.45) is 0.578. The minimum Gasteiger partial charge on any atom is -0.493 e. The number of carbonyl (C=O) groups excluding carboxylic acids is 2. The van der Waals surface area contributed by atoms with Gasteiger partial charge in [0.1, 0.15) is 0 Å². The maximum Gasteiger partial charge on any atom is 0.276 e. The molecular formula is C22H21N3O4. The van der Waals surface area contributed by atoms with Crippen LogP contribution in [0, 0.1) is 0 Å². The molecule has 1 aromatic heterocycles. The number of ether oxygens (including phenoxy) is 2. The zero-order valence-corrected chi connectivity index (χ0v) is 16.7. The van der Waals surface area contributed by atoms with Crippen LogP contribution in [0.1, 0.15) is 38.9 Å². The van der Waals surface area contributed by atoms with Crippen molar-refractivity contribution in [1.82, 2.24) is 9.78 Å². The highest BCUT2D eigenvalue weighted by atomic mass is 16.5. The van der Waals surface area contributed by atoms with Gasteiger partial charge in [0.2, 0.25) is 0 Å².